The lowest BCUT2D eigenvalue weighted by atomic mass is 10.0. The van der Waals surface area contributed by atoms with Gasteiger partial charge in [-0.15, -0.1) is 0 Å². The van der Waals surface area contributed by atoms with Crippen molar-refractivity contribution in [3.63, 3.8) is 0 Å². The highest BCUT2D eigenvalue weighted by Gasteiger charge is 2.21. The summed E-state index contributed by atoms with van der Waals surface area (Å²) in [7, 11) is 1.68. The molecule has 0 aromatic heterocycles. The molecule has 0 bridgehead atoms. The van der Waals surface area contributed by atoms with Gasteiger partial charge in [0.2, 0.25) is 0 Å². The van der Waals surface area contributed by atoms with Crippen molar-refractivity contribution in [3.8, 4) is 5.75 Å². The monoisotopic (exact) mass is 427 g/mol. The number of halogens is 2. The zero-order valence-electron chi connectivity index (χ0n) is 11.5. The Bertz CT molecular complexity index is 663. The summed E-state index contributed by atoms with van der Waals surface area (Å²) in [6.07, 6.45) is 0. The van der Waals surface area contributed by atoms with Crippen LogP contribution in [0.25, 0.3) is 0 Å². The molecule has 110 valence electrons. The molecule has 1 unspecified atom stereocenters. The summed E-state index contributed by atoms with van der Waals surface area (Å²) < 4.78 is 7.36. The molecule has 0 saturated carbocycles. The predicted molar refractivity (Wildman–Crippen MR) is 97.4 cm³/mol. The van der Waals surface area contributed by atoms with E-state index in [1.807, 2.05) is 23.9 Å². The number of fused-ring (bicyclic) bond motifs is 1. The van der Waals surface area contributed by atoms with E-state index in [1.54, 1.807) is 7.11 Å². The summed E-state index contributed by atoms with van der Waals surface area (Å²) >= 11 is 9.09. The summed E-state index contributed by atoms with van der Waals surface area (Å²) in [6, 6.07) is 13.0. The van der Waals surface area contributed by atoms with Crippen LogP contribution in [0.2, 0.25) is 0 Å². The van der Waals surface area contributed by atoms with Crippen molar-refractivity contribution in [1.82, 2.24) is 0 Å². The van der Waals surface area contributed by atoms with E-state index in [0.717, 1.165) is 31.9 Å². The Hall–Kier alpha value is -0.650. The second-order valence-corrected chi connectivity index (χ2v) is 7.62. The van der Waals surface area contributed by atoms with E-state index in [0.29, 0.717) is 6.04 Å². The SMILES string of the molecule is COc1cc(NC2CSCc3ccccc32)c(Br)cc1Br. The molecule has 0 fully saturated rings. The van der Waals surface area contributed by atoms with Crippen LogP contribution >= 0.6 is 43.6 Å². The number of benzene rings is 2. The van der Waals surface area contributed by atoms with Gasteiger partial charge < -0.3 is 10.1 Å². The van der Waals surface area contributed by atoms with Gasteiger partial charge in [-0.25, -0.2) is 0 Å². The van der Waals surface area contributed by atoms with Crippen LogP contribution in [0.4, 0.5) is 5.69 Å². The molecule has 5 heteroatoms. The minimum Gasteiger partial charge on any atom is -0.495 e. The third-order valence-corrected chi connectivity index (χ3v) is 5.90. The smallest absolute Gasteiger partial charge is 0.135 e. The van der Waals surface area contributed by atoms with Gasteiger partial charge in [-0.3, -0.25) is 0 Å². The van der Waals surface area contributed by atoms with Gasteiger partial charge in [-0.05, 0) is 49.1 Å². The molecule has 2 aromatic carbocycles. The lowest BCUT2D eigenvalue weighted by molar-refractivity contribution is 0.412. The lowest BCUT2D eigenvalue weighted by Gasteiger charge is -2.27. The summed E-state index contributed by atoms with van der Waals surface area (Å²) in [5.41, 5.74) is 3.87. The number of anilines is 1. The average molecular weight is 429 g/mol. The molecule has 0 aliphatic carbocycles. The fourth-order valence-electron chi connectivity index (χ4n) is 2.49. The molecule has 0 saturated heterocycles. The topological polar surface area (TPSA) is 21.3 Å². The number of ether oxygens (including phenoxy) is 1. The summed E-state index contributed by atoms with van der Waals surface area (Å²) in [6.45, 7) is 0. The van der Waals surface area contributed by atoms with E-state index in [9.17, 15) is 0 Å². The van der Waals surface area contributed by atoms with Gasteiger partial charge in [-0.1, -0.05) is 24.3 Å². The minimum atomic E-state index is 0.321. The van der Waals surface area contributed by atoms with Gasteiger partial charge in [0.05, 0.1) is 23.3 Å². The van der Waals surface area contributed by atoms with Crippen molar-refractivity contribution in [2.24, 2.45) is 0 Å². The van der Waals surface area contributed by atoms with Crippen LogP contribution in [-0.2, 0) is 5.75 Å². The van der Waals surface area contributed by atoms with Gasteiger partial charge >= 0.3 is 0 Å². The normalized spacial score (nSPS) is 17.2. The number of thioether (sulfide) groups is 1. The number of hydrogen-bond acceptors (Lipinski definition) is 3. The van der Waals surface area contributed by atoms with Gasteiger partial charge in [-0.2, -0.15) is 11.8 Å². The lowest BCUT2D eigenvalue weighted by Crippen LogP contribution is -2.19. The zero-order chi connectivity index (χ0) is 14.8. The zero-order valence-corrected chi connectivity index (χ0v) is 15.5. The molecule has 3 rings (SSSR count). The van der Waals surface area contributed by atoms with E-state index in [4.69, 9.17) is 4.74 Å². The molecule has 2 nitrogen and oxygen atoms in total. The Morgan fingerprint density at radius 2 is 2.00 bits per heavy atom. The van der Waals surface area contributed by atoms with Crippen LogP contribution in [0.3, 0.4) is 0 Å². The summed E-state index contributed by atoms with van der Waals surface area (Å²) in [4.78, 5) is 0. The molecule has 1 aliphatic rings. The molecular weight excluding hydrogens is 414 g/mol. The van der Waals surface area contributed by atoms with E-state index in [2.05, 4.69) is 61.4 Å². The number of methoxy groups -OCH3 is 1. The van der Waals surface area contributed by atoms with Crippen LogP contribution in [0.15, 0.2) is 45.3 Å². The molecule has 1 N–H and O–H groups in total. The standard InChI is InChI=1S/C16H15Br2NOS/c1-20-16-7-14(12(17)6-13(16)18)19-15-9-21-8-10-4-2-3-5-11(10)15/h2-7,15,19H,8-9H2,1H3. The van der Waals surface area contributed by atoms with Crippen molar-refractivity contribution in [1.29, 1.82) is 0 Å². The molecule has 1 aliphatic heterocycles. The van der Waals surface area contributed by atoms with Crippen molar-refractivity contribution in [2.75, 3.05) is 18.2 Å². The van der Waals surface area contributed by atoms with E-state index >= 15 is 0 Å². The quantitative estimate of drug-likeness (QED) is 0.685. The number of rotatable bonds is 3. The average Bonchev–Trinajstić information content (AvgIpc) is 2.50. The van der Waals surface area contributed by atoms with Crippen LogP contribution < -0.4 is 10.1 Å². The molecule has 0 radical (unpaired) electrons. The maximum Gasteiger partial charge on any atom is 0.135 e. The highest BCUT2D eigenvalue weighted by molar-refractivity contribution is 9.11. The van der Waals surface area contributed by atoms with Crippen molar-refractivity contribution in [2.45, 2.75) is 11.8 Å². The van der Waals surface area contributed by atoms with Crippen LogP contribution in [0, 0.1) is 0 Å². The van der Waals surface area contributed by atoms with Crippen LogP contribution in [-0.4, -0.2) is 12.9 Å². The summed E-state index contributed by atoms with van der Waals surface area (Å²) in [5.74, 6) is 3.00. The molecule has 0 spiro atoms. The van der Waals surface area contributed by atoms with Crippen LogP contribution in [0.1, 0.15) is 17.2 Å². The first-order valence-corrected chi connectivity index (χ1v) is 9.38. The fraction of sp³-hybridized carbons (Fsp3) is 0.250. The van der Waals surface area contributed by atoms with Crippen molar-refractivity contribution >= 4 is 49.3 Å². The number of nitrogens with one attached hydrogen (secondary N) is 1. The molecule has 1 atom stereocenters. The fourth-order valence-corrected chi connectivity index (χ4v) is 4.85. The Morgan fingerprint density at radius 1 is 1.19 bits per heavy atom. The maximum absolute atomic E-state index is 5.39. The second-order valence-electron chi connectivity index (χ2n) is 4.88. The third kappa shape index (κ3) is 3.25. The van der Waals surface area contributed by atoms with Gasteiger partial charge in [0.15, 0.2) is 0 Å². The third-order valence-electron chi connectivity index (χ3n) is 3.54. The van der Waals surface area contributed by atoms with Gasteiger partial charge in [0.25, 0.3) is 0 Å². The molecule has 2 aromatic rings. The molecule has 0 amide bonds. The minimum absolute atomic E-state index is 0.321. The van der Waals surface area contributed by atoms with Gasteiger partial charge in [0, 0.05) is 22.0 Å². The Balaban J connectivity index is 1.91. The van der Waals surface area contributed by atoms with Crippen molar-refractivity contribution in [3.05, 3.63) is 56.5 Å². The summed E-state index contributed by atoms with van der Waals surface area (Å²) in [5, 5.41) is 3.64. The molecule has 21 heavy (non-hydrogen) atoms. The maximum atomic E-state index is 5.39. The number of hydrogen-bond donors (Lipinski definition) is 1. The largest absolute Gasteiger partial charge is 0.495 e. The van der Waals surface area contributed by atoms with Crippen molar-refractivity contribution < 1.29 is 4.74 Å². The first-order valence-electron chi connectivity index (χ1n) is 6.64. The molecular formula is C16H15Br2NOS. The molecule has 1 heterocycles. The van der Waals surface area contributed by atoms with E-state index in [1.165, 1.54) is 11.1 Å². The van der Waals surface area contributed by atoms with Crippen LogP contribution in [0.5, 0.6) is 5.75 Å². The Labute approximate surface area is 145 Å². The first kappa shape index (κ1) is 15.3. The Morgan fingerprint density at radius 3 is 2.81 bits per heavy atom. The second kappa shape index (κ2) is 6.63. The highest BCUT2D eigenvalue weighted by Crippen LogP contribution is 2.39. The van der Waals surface area contributed by atoms with E-state index in [-0.39, 0.29) is 0 Å². The first-order chi connectivity index (χ1) is 10.2. The highest BCUT2D eigenvalue weighted by atomic mass is 79.9. The van der Waals surface area contributed by atoms with E-state index < -0.39 is 0 Å². The predicted octanol–water partition coefficient (Wildman–Crippen LogP) is 5.62. The van der Waals surface area contributed by atoms with Gasteiger partial charge in [0.1, 0.15) is 5.75 Å². The Kier molecular flexibility index (Phi) is 4.82.